The number of hydrogen-bond acceptors (Lipinski definition) is 4. The third-order valence-electron chi connectivity index (χ3n) is 2.83. The van der Waals surface area contributed by atoms with Gasteiger partial charge in [0.05, 0.1) is 17.2 Å². The fraction of sp³-hybridized carbons (Fsp3) is 0.0667. The Labute approximate surface area is 115 Å². The van der Waals surface area contributed by atoms with Crippen molar-refractivity contribution in [2.24, 2.45) is 0 Å². The van der Waals surface area contributed by atoms with Gasteiger partial charge in [0.1, 0.15) is 11.5 Å². The molecule has 1 amide bonds. The van der Waals surface area contributed by atoms with Crippen LogP contribution in [-0.2, 0) is 0 Å². The van der Waals surface area contributed by atoms with Gasteiger partial charge in [0.25, 0.3) is 5.91 Å². The summed E-state index contributed by atoms with van der Waals surface area (Å²) in [4.78, 5) is 24.7. The molecule has 3 aromatic rings. The molecule has 3 rings (SSSR count). The first-order valence-electron chi connectivity index (χ1n) is 6.18. The Morgan fingerprint density at radius 2 is 1.80 bits per heavy atom. The summed E-state index contributed by atoms with van der Waals surface area (Å²) in [7, 11) is 0. The van der Waals surface area contributed by atoms with Crippen LogP contribution in [0.25, 0.3) is 11.0 Å². The van der Waals surface area contributed by atoms with E-state index in [0.717, 1.165) is 11.1 Å². The van der Waals surface area contributed by atoms with Crippen molar-refractivity contribution < 1.29 is 4.79 Å². The van der Waals surface area contributed by atoms with Crippen LogP contribution < -0.4 is 5.32 Å². The maximum atomic E-state index is 12.1. The summed E-state index contributed by atoms with van der Waals surface area (Å²) in [6.07, 6.45) is 3.16. The molecule has 0 aliphatic rings. The van der Waals surface area contributed by atoms with Crippen LogP contribution in [0.1, 0.15) is 16.1 Å². The minimum Gasteiger partial charge on any atom is -0.305 e. The van der Waals surface area contributed by atoms with Crippen molar-refractivity contribution in [3.63, 3.8) is 0 Å². The number of carbonyl (C=O) groups is 1. The second-order valence-electron chi connectivity index (χ2n) is 4.42. The van der Waals surface area contributed by atoms with Crippen LogP contribution in [0.4, 0.5) is 5.82 Å². The van der Waals surface area contributed by atoms with Crippen LogP contribution in [-0.4, -0.2) is 20.9 Å². The molecule has 1 N–H and O–H groups in total. The largest absolute Gasteiger partial charge is 0.305 e. The molecule has 2 aromatic heterocycles. The van der Waals surface area contributed by atoms with Crippen molar-refractivity contribution in [3.8, 4) is 0 Å². The molecule has 1 aromatic carbocycles. The number of hydrogen-bond donors (Lipinski definition) is 1. The topological polar surface area (TPSA) is 67.8 Å². The van der Waals surface area contributed by atoms with Crippen molar-refractivity contribution in [3.05, 3.63) is 60.0 Å². The molecule has 0 saturated heterocycles. The Kier molecular flexibility index (Phi) is 3.09. The van der Waals surface area contributed by atoms with Crippen molar-refractivity contribution in [2.75, 3.05) is 5.32 Å². The number of amides is 1. The van der Waals surface area contributed by atoms with Crippen LogP contribution in [0.3, 0.4) is 0 Å². The molecule has 5 heteroatoms. The lowest BCUT2D eigenvalue weighted by atomic mass is 10.3. The maximum absolute atomic E-state index is 12.1. The fourth-order valence-electron chi connectivity index (χ4n) is 1.79. The number of nitrogens with zero attached hydrogens (tertiary/aromatic N) is 3. The molecule has 0 atom stereocenters. The zero-order valence-electron chi connectivity index (χ0n) is 10.9. The van der Waals surface area contributed by atoms with E-state index in [4.69, 9.17) is 0 Å². The van der Waals surface area contributed by atoms with E-state index in [0.29, 0.717) is 11.3 Å². The summed E-state index contributed by atoms with van der Waals surface area (Å²) < 4.78 is 0. The first kappa shape index (κ1) is 12.2. The van der Waals surface area contributed by atoms with E-state index in [1.165, 1.54) is 6.20 Å². The molecule has 0 unspecified atom stereocenters. The molecule has 2 heterocycles. The fourth-order valence-corrected chi connectivity index (χ4v) is 1.79. The van der Waals surface area contributed by atoms with E-state index >= 15 is 0 Å². The van der Waals surface area contributed by atoms with Crippen LogP contribution >= 0.6 is 0 Å². The molecule has 0 saturated carbocycles. The van der Waals surface area contributed by atoms with Crippen molar-refractivity contribution >= 4 is 22.8 Å². The summed E-state index contributed by atoms with van der Waals surface area (Å²) in [5, 5.41) is 2.70. The lowest BCUT2D eigenvalue weighted by Gasteiger charge is -2.04. The van der Waals surface area contributed by atoms with E-state index in [1.54, 1.807) is 12.3 Å². The zero-order valence-corrected chi connectivity index (χ0v) is 10.9. The Bertz CT molecular complexity index is 768. The number of fused-ring (bicyclic) bond motifs is 1. The highest BCUT2D eigenvalue weighted by molar-refractivity contribution is 6.02. The van der Waals surface area contributed by atoms with Crippen LogP contribution in [0, 0.1) is 6.92 Å². The predicted molar refractivity (Wildman–Crippen MR) is 76.5 cm³/mol. The number of aromatic nitrogens is 3. The van der Waals surface area contributed by atoms with E-state index in [-0.39, 0.29) is 11.6 Å². The van der Waals surface area contributed by atoms with Crippen LogP contribution in [0.5, 0.6) is 0 Å². The standard InChI is InChI=1S/C15H12N4O/c1-10-6-7-14(17-8-10)19-15(20)13-9-16-11-4-2-3-5-12(11)18-13/h2-9H,1H3,(H,17,19,20). The Morgan fingerprint density at radius 1 is 1.00 bits per heavy atom. The Hall–Kier alpha value is -2.82. The lowest BCUT2D eigenvalue weighted by molar-refractivity contribution is 0.102. The molecule has 0 aliphatic carbocycles. The molecular weight excluding hydrogens is 252 g/mol. The Balaban J connectivity index is 1.86. The van der Waals surface area contributed by atoms with Gasteiger partial charge in [-0.2, -0.15) is 0 Å². The highest BCUT2D eigenvalue weighted by Crippen LogP contribution is 2.10. The second-order valence-corrected chi connectivity index (χ2v) is 4.42. The third-order valence-corrected chi connectivity index (χ3v) is 2.83. The summed E-state index contributed by atoms with van der Waals surface area (Å²) in [5.41, 5.74) is 2.76. The van der Waals surface area contributed by atoms with Gasteiger partial charge in [0, 0.05) is 6.20 Å². The smallest absolute Gasteiger partial charge is 0.277 e. The highest BCUT2D eigenvalue weighted by Gasteiger charge is 2.09. The lowest BCUT2D eigenvalue weighted by Crippen LogP contribution is -2.15. The molecule has 20 heavy (non-hydrogen) atoms. The molecule has 98 valence electrons. The number of para-hydroxylation sites is 2. The van der Waals surface area contributed by atoms with Gasteiger partial charge in [0.15, 0.2) is 0 Å². The van der Waals surface area contributed by atoms with Crippen LogP contribution in [0.15, 0.2) is 48.8 Å². The number of anilines is 1. The van der Waals surface area contributed by atoms with E-state index in [9.17, 15) is 4.79 Å². The summed E-state index contributed by atoms with van der Waals surface area (Å²) in [5.74, 6) is 0.176. The van der Waals surface area contributed by atoms with Gasteiger partial charge in [-0.25, -0.2) is 9.97 Å². The highest BCUT2D eigenvalue weighted by atomic mass is 16.1. The average Bonchev–Trinajstić information content (AvgIpc) is 2.49. The molecule has 0 fully saturated rings. The van der Waals surface area contributed by atoms with Crippen molar-refractivity contribution in [1.29, 1.82) is 0 Å². The predicted octanol–water partition coefficient (Wildman–Crippen LogP) is 2.59. The van der Waals surface area contributed by atoms with Crippen molar-refractivity contribution in [2.45, 2.75) is 6.92 Å². The molecule has 0 spiro atoms. The molecule has 0 bridgehead atoms. The molecule has 0 radical (unpaired) electrons. The van der Waals surface area contributed by atoms with E-state index in [1.807, 2.05) is 37.3 Å². The molecular formula is C15H12N4O. The number of carbonyl (C=O) groups excluding carboxylic acids is 1. The second kappa shape index (κ2) is 5.05. The number of nitrogens with one attached hydrogen (secondary N) is 1. The normalized spacial score (nSPS) is 10.4. The van der Waals surface area contributed by atoms with Gasteiger partial charge in [0.2, 0.25) is 0 Å². The van der Waals surface area contributed by atoms with Crippen LogP contribution in [0.2, 0.25) is 0 Å². The minimum absolute atomic E-state index is 0.270. The summed E-state index contributed by atoms with van der Waals surface area (Å²) >= 11 is 0. The van der Waals surface area contributed by atoms with Gasteiger partial charge in [-0.15, -0.1) is 0 Å². The van der Waals surface area contributed by atoms with Gasteiger partial charge < -0.3 is 5.32 Å². The van der Waals surface area contributed by atoms with Gasteiger partial charge in [-0.3, -0.25) is 9.78 Å². The monoisotopic (exact) mass is 264 g/mol. The first-order chi connectivity index (χ1) is 9.72. The molecule has 0 aliphatic heterocycles. The van der Waals surface area contributed by atoms with Gasteiger partial charge in [-0.05, 0) is 30.7 Å². The number of benzene rings is 1. The first-order valence-corrected chi connectivity index (χ1v) is 6.18. The SMILES string of the molecule is Cc1ccc(NC(=O)c2cnc3ccccc3n2)nc1. The number of rotatable bonds is 2. The maximum Gasteiger partial charge on any atom is 0.277 e. The van der Waals surface area contributed by atoms with Crippen molar-refractivity contribution in [1.82, 2.24) is 15.0 Å². The third kappa shape index (κ3) is 2.47. The van der Waals surface area contributed by atoms with E-state index in [2.05, 4.69) is 20.3 Å². The summed E-state index contributed by atoms with van der Waals surface area (Å²) in [6.45, 7) is 1.94. The molecule has 5 nitrogen and oxygen atoms in total. The quantitative estimate of drug-likeness (QED) is 0.772. The zero-order chi connectivity index (χ0) is 13.9. The number of aryl methyl sites for hydroxylation is 1. The Morgan fingerprint density at radius 3 is 2.55 bits per heavy atom. The summed E-state index contributed by atoms with van der Waals surface area (Å²) in [6, 6.07) is 11.1. The van der Waals surface area contributed by atoms with E-state index < -0.39 is 0 Å². The average molecular weight is 264 g/mol. The minimum atomic E-state index is -0.320. The van der Waals surface area contributed by atoms with Gasteiger partial charge in [-0.1, -0.05) is 18.2 Å². The van der Waals surface area contributed by atoms with Gasteiger partial charge >= 0.3 is 0 Å². The number of pyridine rings is 1.